The van der Waals surface area contributed by atoms with Crippen molar-refractivity contribution < 1.29 is 9.90 Å². The molecule has 1 fully saturated rings. The van der Waals surface area contributed by atoms with Gasteiger partial charge in [-0.25, -0.2) is 0 Å². The topological polar surface area (TPSA) is 37.3 Å². The van der Waals surface area contributed by atoms with E-state index in [2.05, 4.69) is 0 Å². The van der Waals surface area contributed by atoms with Crippen LogP contribution in [0.1, 0.15) is 5.56 Å². The van der Waals surface area contributed by atoms with Crippen LogP contribution in [0, 0.1) is 0 Å². The fourth-order valence-electron chi connectivity index (χ4n) is 1.70. The quantitative estimate of drug-likeness (QED) is 0.792. The van der Waals surface area contributed by atoms with Crippen molar-refractivity contribution in [2.45, 2.75) is 16.2 Å². The van der Waals surface area contributed by atoms with E-state index >= 15 is 0 Å². The van der Waals surface area contributed by atoms with Gasteiger partial charge in [0.05, 0.1) is 10.8 Å². The minimum Gasteiger partial charge on any atom is -0.480 e. The van der Waals surface area contributed by atoms with Gasteiger partial charge in [-0.15, -0.1) is 23.2 Å². The monoisotopic (exact) mass is 230 g/mol. The molecule has 0 bridgehead atoms. The number of alkyl halides is 2. The Morgan fingerprint density at radius 1 is 1.21 bits per heavy atom. The zero-order valence-corrected chi connectivity index (χ0v) is 8.66. The molecule has 1 aliphatic rings. The van der Waals surface area contributed by atoms with E-state index in [0.717, 1.165) is 0 Å². The number of benzene rings is 1. The Balaban J connectivity index is 2.46. The largest absolute Gasteiger partial charge is 0.480 e. The minimum absolute atomic E-state index is 0.524. The second-order valence-electron chi connectivity index (χ2n) is 3.34. The molecule has 0 aliphatic heterocycles. The van der Waals surface area contributed by atoms with Crippen LogP contribution in [0.3, 0.4) is 0 Å². The Morgan fingerprint density at radius 2 is 1.71 bits per heavy atom. The lowest BCUT2D eigenvalue weighted by Crippen LogP contribution is -2.24. The lowest BCUT2D eigenvalue weighted by molar-refractivity contribution is -0.139. The van der Waals surface area contributed by atoms with E-state index in [0.29, 0.717) is 5.56 Å². The summed E-state index contributed by atoms with van der Waals surface area (Å²) < 4.78 is 0. The molecule has 4 heteroatoms. The van der Waals surface area contributed by atoms with Crippen molar-refractivity contribution in [3.05, 3.63) is 35.9 Å². The van der Waals surface area contributed by atoms with E-state index in [1.807, 2.05) is 6.07 Å². The first-order valence-electron chi connectivity index (χ1n) is 4.19. The Morgan fingerprint density at radius 3 is 2.07 bits per heavy atom. The summed E-state index contributed by atoms with van der Waals surface area (Å²) in [6.07, 6.45) is 0. The van der Waals surface area contributed by atoms with E-state index in [1.54, 1.807) is 24.3 Å². The summed E-state index contributed by atoms with van der Waals surface area (Å²) in [7, 11) is 0. The van der Waals surface area contributed by atoms with Gasteiger partial charge in [0.2, 0.25) is 0 Å². The summed E-state index contributed by atoms with van der Waals surface area (Å²) in [5, 5.41) is 8.08. The predicted octanol–water partition coefficient (Wildman–Crippen LogP) is 2.24. The Hall–Kier alpha value is -0.730. The average molecular weight is 231 g/mol. The van der Waals surface area contributed by atoms with Gasteiger partial charge in [-0.2, -0.15) is 0 Å². The van der Waals surface area contributed by atoms with Gasteiger partial charge in [0, 0.05) is 0 Å². The molecule has 0 spiro atoms. The number of carboxylic acids is 1. The van der Waals surface area contributed by atoms with Crippen LogP contribution in [0.4, 0.5) is 0 Å². The highest BCUT2D eigenvalue weighted by molar-refractivity contribution is 6.39. The summed E-state index contributed by atoms with van der Waals surface area (Å²) in [6, 6.07) is 8.88. The number of hydrogen-bond donors (Lipinski definition) is 1. The molecule has 0 amide bonds. The molecule has 2 unspecified atom stereocenters. The predicted molar refractivity (Wildman–Crippen MR) is 55.0 cm³/mol. The van der Waals surface area contributed by atoms with Crippen LogP contribution < -0.4 is 0 Å². The van der Waals surface area contributed by atoms with Crippen LogP contribution in [0.2, 0.25) is 0 Å². The molecule has 2 nitrogen and oxygen atoms in total. The van der Waals surface area contributed by atoms with Gasteiger partial charge in [0.25, 0.3) is 0 Å². The van der Waals surface area contributed by atoms with Crippen LogP contribution in [0.15, 0.2) is 30.3 Å². The molecule has 2 rings (SSSR count). The summed E-state index contributed by atoms with van der Waals surface area (Å²) >= 11 is 11.8. The van der Waals surface area contributed by atoms with Crippen molar-refractivity contribution in [1.29, 1.82) is 0 Å². The van der Waals surface area contributed by atoms with Gasteiger partial charge in [-0.3, -0.25) is 4.79 Å². The fourth-order valence-corrected chi connectivity index (χ4v) is 2.72. The molecule has 1 aromatic carbocycles. The molecular formula is C10H8Cl2O2. The van der Waals surface area contributed by atoms with Crippen molar-refractivity contribution in [2.24, 2.45) is 0 Å². The minimum atomic E-state index is -1.09. The van der Waals surface area contributed by atoms with Crippen LogP contribution in [-0.4, -0.2) is 21.8 Å². The first-order valence-corrected chi connectivity index (χ1v) is 5.06. The van der Waals surface area contributed by atoms with E-state index < -0.39 is 22.1 Å². The maximum atomic E-state index is 11.1. The second-order valence-corrected chi connectivity index (χ2v) is 4.28. The normalized spacial score (nSPS) is 35.3. The van der Waals surface area contributed by atoms with Gasteiger partial charge in [0.15, 0.2) is 0 Å². The van der Waals surface area contributed by atoms with Gasteiger partial charge >= 0.3 is 5.97 Å². The highest BCUT2D eigenvalue weighted by Crippen LogP contribution is 2.56. The number of carbonyl (C=O) groups is 1. The van der Waals surface area contributed by atoms with E-state index in [4.69, 9.17) is 28.3 Å². The average Bonchev–Trinajstić information content (AvgIpc) is 2.72. The maximum Gasteiger partial charge on any atom is 0.317 e. The summed E-state index contributed by atoms with van der Waals surface area (Å²) in [4.78, 5) is 11.1. The maximum absolute atomic E-state index is 11.1. The van der Waals surface area contributed by atoms with Crippen molar-refractivity contribution in [3.8, 4) is 0 Å². The molecule has 14 heavy (non-hydrogen) atoms. The van der Waals surface area contributed by atoms with E-state index in [-0.39, 0.29) is 0 Å². The van der Waals surface area contributed by atoms with Crippen LogP contribution >= 0.6 is 23.2 Å². The molecule has 0 heterocycles. The van der Waals surface area contributed by atoms with E-state index in [9.17, 15) is 4.79 Å². The van der Waals surface area contributed by atoms with Gasteiger partial charge in [-0.05, 0) is 5.56 Å². The SMILES string of the molecule is O=C(O)C1(c2ccccc2)C(Cl)C1Cl. The Labute approximate surface area is 91.4 Å². The van der Waals surface area contributed by atoms with E-state index in [1.165, 1.54) is 0 Å². The number of carboxylic acid groups (broad SMARTS) is 1. The van der Waals surface area contributed by atoms with Gasteiger partial charge < -0.3 is 5.11 Å². The van der Waals surface area contributed by atoms with Crippen LogP contribution in [-0.2, 0) is 10.2 Å². The fraction of sp³-hybridized carbons (Fsp3) is 0.300. The van der Waals surface area contributed by atoms with Crippen molar-refractivity contribution in [2.75, 3.05) is 0 Å². The first kappa shape index (κ1) is 9.81. The van der Waals surface area contributed by atoms with Crippen molar-refractivity contribution >= 4 is 29.2 Å². The summed E-state index contributed by atoms with van der Waals surface area (Å²) in [5.41, 5.74) is -0.419. The van der Waals surface area contributed by atoms with Gasteiger partial charge in [-0.1, -0.05) is 30.3 Å². The van der Waals surface area contributed by atoms with Crippen molar-refractivity contribution in [1.82, 2.24) is 0 Å². The number of hydrogen-bond acceptors (Lipinski definition) is 1. The standard InChI is InChI=1S/C10H8Cl2O2/c11-7-8(12)10(7,9(13)14)6-4-2-1-3-5-6/h1-5,7-8H,(H,13,14). The highest BCUT2D eigenvalue weighted by Gasteiger charge is 2.70. The molecular weight excluding hydrogens is 223 g/mol. The third-order valence-electron chi connectivity index (χ3n) is 2.62. The summed E-state index contributed by atoms with van der Waals surface area (Å²) in [6.45, 7) is 0. The number of halogens is 2. The lowest BCUT2D eigenvalue weighted by Gasteiger charge is -2.10. The zero-order valence-electron chi connectivity index (χ0n) is 7.15. The van der Waals surface area contributed by atoms with Crippen LogP contribution in [0.25, 0.3) is 0 Å². The smallest absolute Gasteiger partial charge is 0.317 e. The molecule has 2 atom stereocenters. The third-order valence-corrected chi connectivity index (χ3v) is 3.94. The molecule has 1 saturated carbocycles. The lowest BCUT2D eigenvalue weighted by atomic mass is 9.96. The molecule has 1 aliphatic carbocycles. The molecule has 74 valence electrons. The zero-order chi connectivity index (χ0) is 10.3. The molecule has 0 radical (unpaired) electrons. The third kappa shape index (κ3) is 1.07. The Bertz CT molecular complexity index is 356. The Kier molecular flexibility index (Phi) is 2.20. The highest BCUT2D eigenvalue weighted by atomic mass is 35.5. The molecule has 1 aromatic rings. The van der Waals surface area contributed by atoms with Crippen LogP contribution in [0.5, 0.6) is 0 Å². The van der Waals surface area contributed by atoms with Crippen molar-refractivity contribution in [3.63, 3.8) is 0 Å². The van der Waals surface area contributed by atoms with Gasteiger partial charge in [0.1, 0.15) is 5.41 Å². The molecule has 0 saturated heterocycles. The number of aliphatic carboxylic acids is 1. The first-order chi connectivity index (χ1) is 6.61. The molecule has 1 N–H and O–H groups in total. The number of rotatable bonds is 2. The second kappa shape index (κ2) is 3.14. The summed E-state index contributed by atoms with van der Waals surface area (Å²) in [5.74, 6) is -0.955. The molecule has 0 aromatic heterocycles.